The third-order valence-corrected chi connectivity index (χ3v) is 2.51. The van der Waals surface area contributed by atoms with E-state index in [0.29, 0.717) is 11.6 Å². The number of oxazole rings is 1. The van der Waals surface area contributed by atoms with Gasteiger partial charge in [-0.25, -0.2) is 9.97 Å². The first-order chi connectivity index (χ1) is 9.29. The van der Waals surface area contributed by atoms with Crippen LogP contribution in [0.5, 0.6) is 0 Å². The van der Waals surface area contributed by atoms with Crippen molar-refractivity contribution < 1.29 is 18.0 Å². The standard InChI is InChI=1S/C11H13F2N5O2/c1-5-8(20-7(3)15-5)9(19)14-4-11(12,13)10-16-6(2)17-18-10/h4H2,1-3H3,(H,14,19)(H,16,17,18). The Morgan fingerprint density at radius 3 is 2.55 bits per heavy atom. The van der Waals surface area contributed by atoms with E-state index in [0.717, 1.165) is 0 Å². The molecule has 108 valence electrons. The second-order valence-corrected chi connectivity index (χ2v) is 4.28. The number of aromatic amines is 1. The minimum Gasteiger partial charge on any atom is -0.436 e. The van der Waals surface area contributed by atoms with Gasteiger partial charge in [0.1, 0.15) is 5.82 Å². The maximum atomic E-state index is 13.7. The molecule has 0 saturated carbocycles. The molecule has 0 bridgehead atoms. The summed E-state index contributed by atoms with van der Waals surface area (Å²) in [6.07, 6.45) is 0. The number of aryl methyl sites for hydroxylation is 3. The van der Waals surface area contributed by atoms with Gasteiger partial charge in [-0.1, -0.05) is 0 Å². The highest BCUT2D eigenvalue weighted by atomic mass is 19.3. The zero-order chi connectivity index (χ0) is 14.9. The van der Waals surface area contributed by atoms with E-state index in [1.807, 2.05) is 0 Å². The lowest BCUT2D eigenvalue weighted by molar-refractivity contribution is -0.0113. The average Bonchev–Trinajstić information content (AvgIpc) is 2.93. The molecule has 0 aliphatic rings. The van der Waals surface area contributed by atoms with E-state index in [2.05, 4.69) is 25.5 Å². The lowest BCUT2D eigenvalue weighted by Gasteiger charge is -2.12. The lowest BCUT2D eigenvalue weighted by Crippen LogP contribution is -2.35. The van der Waals surface area contributed by atoms with Crippen molar-refractivity contribution >= 4 is 5.91 Å². The summed E-state index contributed by atoms with van der Waals surface area (Å²) in [7, 11) is 0. The Labute approximate surface area is 112 Å². The van der Waals surface area contributed by atoms with Gasteiger partial charge in [-0.3, -0.25) is 9.89 Å². The predicted octanol–water partition coefficient (Wildman–Crippen LogP) is 1.24. The summed E-state index contributed by atoms with van der Waals surface area (Å²) < 4.78 is 32.5. The molecule has 2 aromatic rings. The van der Waals surface area contributed by atoms with Crippen LogP contribution < -0.4 is 5.32 Å². The molecule has 20 heavy (non-hydrogen) atoms. The lowest BCUT2D eigenvalue weighted by atomic mass is 10.3. The van der Waals surface area contributed by atoms with Crippen LogP contribution in [-0.4, -0.2) is 32.6 Å². The smallest absolute Gasteiger partial charge is 0.325 e. The van der Waals surface area contributed by atoms with E-state index in [1.165, 1.54) is 6.92 Å². The number of hydrogen-bond acceptors (Lipinski definition) is 5. The zero-order valence-electron chi connectivity index (χ0n) is 11.1. The third kappa shape index (κ3) is 2.81. The molecule has 0 fully saturated rings. The first kappa shape index (κ1) is 14.1. The Balaban J connectivity index is 2.04. The number of aromatic nitrogens is 4. The Bertz CT molecular complexity index is 635. The van der Waals surface area contributed by atoms with Gasteiger partial charge < -0.3 is 9.73 Å². The van der Waals surface area contributed by atoms with Crippen molar-refractivity contribution in [2.45, 2.75) is 26.7 Å². The quantitative estimate of drug-likeness (QED) is 0.881. The van der Waals surface area contributed by atoms with Crippen molar-refractivity contribution in [1.29, 1.82) is 0 Å². The van der Waals surface area contributed by atoms with Crippen molar-refractivity contribution in [1.82, 2.24) is 25.5 Å². The molecule has 1 amide bonds. The van der Waals surface area contributed by atoms with E-state index < -0.39 is 24.2 Å². The fraction of sp³-hybridized carbons (Fsp3) is 0.455. The molecule has 0 saturated heterocycles. The van der Waals surface area contributed by atoms with Gasteiger partial charge in [0.05, 0.1) is 12.2 Å². The molecule has 0 unspecified atom stereocenters. The largest absolute Gasteiger partial charge is 0.436 e. The Morgan fingerprint density at radius 2 is 2.05 bits per heavy atom. The van der Waals surface area contributed by atoms with E-state index in [1.54, 1.807) is 13.8 Å². The molecule has 0 aromatic carbocycles. The number of nitrogens with zero attached hydrogens (tertiary/aromatic N) is 3. The SMILES string of the molecule is Cc1nc(C(F)(F)CNC(=O)c2oc(C)nc2C)n[nH]1. The summed E-state index contributed by atoms with van der Waals surface area (Å²) in [4.78, 5) is 19.2. The number of amides is 1. The van der Waals surface area contributed by atoms with Crippen molar-refractivity contribution in [3.05, 3.63) is 29.0 Å². The number of rotatable bonds is 4. The zero-order valence-corrected chi connectivity index (χ0v) is 11.1. The van der Waals surface area contributed by atoms with Crippen LogP contribution in [0.4, 0.5) is 8.78 Å². The van der Waals surface area contributed by atoms with Crippen molar-refractivity contribution in [2.75, 3.05) is 6.54 Å². The average molecular weight is 285 g/mol. The monoisotopic (exact) mass is 285 g/mol. The second kappa shape index (κ2) is 4.99. The van der Waals surface area contributed by atoms with Crippen molar-refractivity contribution in [3.63, 3.8) is 0 Å². The maximum Gasteiger partial charge on any atom is 0.325 e. The molecule has 0 aliphatic heterocycles. The van der Waals surface area contributed by atoms with E-state index in [4.69, 9.17) is 4.42 Å². The molecular formula is C11H13F2N5O2. The van der Waals surface area contributed by atoms with E-state index in [9.17, 15) is 13.6 Å². The van der Waals surface area contributed by atoms with Gasteiger partial charge in [0.15, 0.2) is 5.89 Å². The van der Waals surface area contributed by atoms with Crippen LogP contribution in [0, 0.1) is 20.8 Å². The number of carbonyl (C=O) groups is 1. The van der Waals surface area contributed by atoms with Gasteiger partial charge in [-0.15, -0.1) is 0 Å². The van der Waals surface area contributed by atoms with Gasteiger partial charge in [-0.05, 0) is 13.8 Å². The molecule has 2 N–H and O–H groups in total. The summed E-state index contributed by atoms with van der Waals surface area (Å²) in [5, 5.41) is 7.80. The number of alkyl halides is 2. The minimum atomic E-state index is -3.37. The predicted molar refractivity (Wildman–Crippen MR) is 63.3 cm³/mol. The first-order valence-corrected chi connectivity index (χ1v) is 5.79. The van der Waals surface area contributed by atoms with Gasteiger partial charge in [-0.2, -0.15) is 13.9 Å². The van der Waals surface area contributed by atoms with Crippen LogP contribution in [0.25, 0.3) is 0 Å². The molecule has 7 nitrogen and oxygen atoms in total. The summed E-state index contributed by atoms with van der Waals surface area (Å²) in [5.74, 6) is -4.30. The van der Waals surface area contributed by atoms with E-state index in [-0.39, 0.29) is 11.6 Å². The maximum absolute atomic E-state index is 13.7. The fourth-order valence-corrected chi connectivity index (χ4v) is 1.60. The number of nitrogens with one attached hydrogen (secondary N) is 2. The number of H-pyrrole nitrogens is 1. The molecule has 2 rings (SSSR count). The highest BCUT2D eigenvalue weighted by molar-refractivity contribution is 5.92. The molecule has 0 atom stereocenters. The summed E-state index contributed by atoms with van der Waals surface area (Å²) >= 11 is 0. The van der Waals surface area contributed by atoms with Gasteiger partial charge in [0.25, 0.3) is 5.91 Å². The molecule has 0 aliphatic carbocycles. The topological polar surface area (TPSA) is 96.7 Å². The third-order valence-electron chi connectivity index (χ3n) is 2.51. The molecule has 2 aromatic heterocycles. The fourth-order valence-electron chi connectivity index (χ4n) is 1.60. The molecule has 9 heteroatoms. The number of hydrogen-bond donors (Lipinski definition) is 2. The normalized spacial score (nSPS) is 11.7. The van der Waals surface area contributed by atoms with Gasteiger partial charge in [0, 0.05) is 6.92 Å². The highest BCUT2D eigenvalue weighted by Gasteiger charge is 2.37. The molecule has 2 heterocycles. The van der Waals surface area contributed by atoms with Crippen molar-refractivity contribution in [3.8, 4) is 0 Å². The molecule has 0 radical (unpaired) electrons. The summed E-state index contributed by atoms with van der Waals surface area (Å²) in [6, 6.07) is 0. The van der Waals surface area contributed by atoms with Crippen LogP contribution in [0.3, 0.4) is 0 Å². The van der Waals surface area contributed by atoms with Gasteiger partial charge >= 0.3 is 5.92 Å². The van der Waals surface area contributed by atoms with Gasteiger partial charge in [0.2, 0.25) is 11.6 Å². The summed E-state index contributed by atoms with van der Waals surface area (Å²) in [5.41, 5.74) is 0.344. The Morgan fingerprint density at radius 1 is 1.35 bits per heavy atom. The Hall–Kier alpha value is -2.32. The van der Waals surface area contributed by atoms with Crippen LogP contribution in [-0.2, 0) is 5.92 Å². The number of halogens is 2. The summed E-state index contributed by atoms with van der Waals surface area (Å²) in [6.45, 7) is 3.70. The van der Waals surface area contributed by atoms with Crippen molar-refractivity contribution in [2.24, 2.45) is 0 Å². The molecule has 0 spiro atoms. The van der Waals surface area contributed by atoms with Crippen LogP contribution >= 0.6 is 0 Å². The highest BCUT2D eigenvalue weighted by Crippen LogP contribution is 2.23. The number of carbonyl (C=O) groups excluding carboxylic acids is 1. The minimum absolute atomic E-state index is 0.0792. The van der Waals surface area contributed by atoms with Crippen LogP contribution in [0.1, 0.15) is 33.8 Å². The second-order valence-electron chi connectivity index (χ2n) is 4.28. The van der Waals surface area contributed by atoms with Crippen LogP contribution in [0.2, 0.25) is 0 Å². The van der Waals surface area contributed by atoms with E-state index >= 15 is 0 Å². The Kier molecular flexibility index (Phi) is 3.51. The first-order valence-electron chi connectivity index (χ1n) is 5.79. The molecular weight excluding hydrogens is 272 g/mol. The van der Waals surface area contributed by atoms with Crippen LogP contribution in [0.15, 0.2) is 4.42 Å².